The third-order valence-corrected chi connectivity index (χ3v) is 2.65. The molecule has 1 N–H and O–H groups in total. The van der Waals surface area contributed by atoms with E-state index in [-0.39, 0.29) is 5.69 Å². The highest BCUT2D eigenvalue weighted by Gasteiger charge is 2.18. The molecule has 0 bridgehead atoms. The summed E-state index contributed by atoms with van der Waals surface area (Å²) in [6.45, 7) is 4.17. The van der Waals surface area contributed by atoms with Crippen LogP contribution in [-0.2, 0) is 11.2 Å². The van der Waals surface area contributed by atoms with E-state index in [2.05, 4.69) is 22.3 Å². The van der Waals surface area contributed by atoms with E-state index in [0.29, 0.717) is 12.3 Å². The van der Waals surface area contributed by atoms with Gasteiger partial charge in [0.2, 0.25) is 0 Å². The molecule has 1 aromatic carbocycles. The Morgan fingerprint density at radius 1 is 1.22 bits per heavy atom. The molecule has 94 valence electrons. The van der Waals surface area contributed by atoms with Gasteiger partial charge in [-0.1, -0.05) is 31.2 Å². The number of rotatable bonds is 4. The zero-order chi connectivity index (χ0) is 13.0. The highest BCUT2D eigenvalue weighted by atomic mass is 16.5. The second-order valence-electron chi connectivity index (χ2n) is 3.79. The monoisotopic (exact) mass is 245 g/mol. The number of aryl methyl sites for hydroxylation is 1. The average molecular weight is 245 g/mol. The van der Waals surface area contributed by atoms with E-state index < -0.39 is 5.97 Å². The third kappa shape index (κ3) is 2.40. The molecule has 0 unspecified atom stereocenters. The van der Waals surface area contributed by atoms with Crippen molar-refractivity contribution in [3.63, 3.8) is 0 Å². The van der Waals surface area contributed by atoms with Crippen molar-refractivity contribution in [3.05, 3.63) is 35.5 Å². The van der Waals surface area contributed by atoms with Crippen LogP contribution in [0, 0.1) is 0 Å². The maximum atomic E-state index is 11.7. The minimum absolute atomic E-state index is 0.223. The Kier molecular flexibility index (Phi) is 3.72. The predicted molar refractivity (Wildman–Crippen MR) is 67.2 cm³/mol. The molecule has 2 aromatic rings. The van der Waals surface area contributed by atoms with E-state index in [1.54, 1.807) is 6.92 Å². The summed E-state index contributed by atoms with van der Waals surface area (Å²) in [6.07, 6.45) is 0.976. The Morgan fingerprint density at radius 3 is 2.56 bits per heavy atom. The van der Waals surface area contributed by atoms with Gasteiger partial charge in [0, 0.05) is 5.56 Å². The van der Waals surface area contributed by atoms with Crippen molar-refractivity contribution < 1.29 is 9.53 Å². The first-order valence-electron chi connectivity index (χ1n) is 5.93. The first-order chi connectivity index (χ1) is 8.76. The quantitative estimate of drug-likeness (QED) is 0.838. The van der Waals surface area contributed by atoms with Crippen molar-refractivity contribution in [1.29, 1.82) is 0 Å². The number of aromatic amines is 1. The molecule has 0 saturated heterocycles. The first kappa shape index (κ1) is 12.3. The molecule has 0 amide bonds. The van der Waals surface area contributed by atoms with Crippen molar-refractivity contribution in [3.8, 4) is 11.3 Å². The van der Waals surface area contributed by atoms with Gasteiger partial charge in [0.05, 0.1) is 6.61 Å². The van der Waals surface area contributed by atoms with Gasteiger partial charge >= 0.3 is 5.97 Å². The number of carbonyl (C=O) groups is 1. The Labute approximate surface area is 105 Å². The van der Waals surface area contributed by atoms with Crippen LogP contribution < -0.4 is 0 Å². The second kappa shape index (κ2) is 5.44. The van der Waals surface area contributed by atoms with Gasteiger partial charge in [0.15, 0.2) is 5.69 Å². The summed E-state index contributed by atoms with van der Waals surface area (Å²) >= 11 is 0. The van der Waals surface area contributed by atoms with E-state index in [1.165, 1.54) is 5.56 Å². The zero-order valence-electron chi connectivity index (χ0n) is 10.4. The lowest BCUT2D eigenvalue weighted by Gasteiger charge is -2.02. The van der Waals surface area contributed by atoms with E-state index in [4.69, 9.17) is 4.74 Å². The molecular weight excluding hydrogens is 230 g/mol. The minimum atomic E-state index is -0.458. The van der Waals surface area contributed by atoms with Crippen LogP contribution in [0.15, 0.2) is 24.3 Å². The lowest BCUT2D eigenvalue weighted by molar-refractivity contribution is 0.0520. The molecule has 1 aromatic heterocycles. The number of nitrogens with one attached hydrogen (secondary N) is 1. The van der Waals surface area contributed by atoms with Crippen LogP contribution in [0.2, 0.25) is 0 Å². The van der Waals surface area contributed by atoms with Gasteiger partial charge in [0.1, 0.15) is 5.69 Å². The number of esters is 1. The van der Waals surface area contributed by atoms with Crippen LogP contribution in [0.4, 0.5) is 0 Å². The lowest BCUT2D eigenvalue weighted by atomic mass is 10.1. The highest BCUT2D eigenvalue weighted by Crippen LogP contribution is 2.20. The fraction of sp³-hybridized carbons (Fsp3) is 0.308. The number of benzene rings is 1. The van der Waals surface area contributed by atoms with Gasteiger partial charge in [-0.2, -0.15) is 10.3 Å². The zero-order valence-corrected chi connectivity index (χ0v) is 10.4. The Hall–Kier alpha value is -2.17. The molecule has 5 nitrogen and oxygen atoms in total. The van der Waals surface area contributed by atoms with E-state index in [0.717, 1.165) is 12.0 Å². The van der Waals surface area contributed by atoms with Crippen molar-refractivity contribution in [2.45, 2.75) is 20.3 Å². The largest absolute Gasteiger partial charge is 0.461 e. The van der Waals surface area contributed by atoms with Gasteiger partial charge in [0.25, 0.3) is 0 Å². The van der Waals surface area contributed by atoms with E-state index >= 15 is 0 Å². The number of aromatic nitrogens is 3. The minimum Gasteiger partial charge on any atom is -0.461 e. The summed E-state index contributed by atoms with van der Waals surface area (Å²) in [6, 6.07) is 7.89. The van der Waals surface area contributed by atoms with E-state index in [1.807, 2.05) is 24.3 Å². The van der Waals surface area contributed by atoms with Crippen molar-refractivity contribution in [1.82, 2.24) is 15.4 Å². The predicted octanol–water partition coefficient (Wildman–Crippen LogP) is 2.21. The summed E-state index contributed by atoms with van der Waals surface area (Å²) in [4.78, 5) is 11.7. The van der Waals surface area contributed by atoms with Crippen LogP contribution in [0.1, 0.15) is 29.9 Å². The van der Waals surface area contributed by atoms with Gasteiger partial charge < -0.3 is 4.74 Å². The van der Waals surface area contributed by atoms with Crippen LogP contribution in [0.3, 0.4) is 0 Å². The molecule has 0 saturated carbocycles. The summed E-state index contributed by atoms with van der Waals surface area (Å²) in [7, 11) is 0. The number of nitrogens with zero attached hydrogens (tertiary/aromatic N) is 2. The molecule has 5 heteroatoms. The van der Waals surface area contributed by atoms with Crippen molar-refractivity contribution in [2.24, 2.45) is 0 Å². The fourth-order valence-corrected chi connectivity index (χ4v) is 1.67. The molecule has 0 aliphatic carbocycles. The van der Waals surface area contributed by atoms with Crippen LogP contribution >= 0.6 is 0 Å². The number of ether oxygens (including phenoxy) is 1. The fourth-order valence-electron chi connectivity index (χ4n) is 1.67. The van der Waals surface area contributed by atoms with E-state index in [9.17, 15) is 4.79 Å². The summed E-state index contributed by atoms with van der Waals surface area (Å²) in [5.41, 5.74) is 2.83. The Bertz CT molecular complexity index is 531. The number of H-pyrrole nitrogens is 1. The SMILES string of the molecule is CCOC(=O)c1n[nH]nc1-c1ccc(CC)cc1. The third-order valence-electron chi connectivity index (χ3n) is 2.65. The molecule has 0 radical (unpaired) electrons. The van der Waals surface area contributed by atoms with Crippen molar-refractivity contribution >= 4 is 5.97 Å². The summed E-state index contributed by atoms with van der Waals surface area (Å²) in [5.74, 6) is -0.458. The van der Waals surface area contributed by atoms with Gasteiger partial charge in [-0.3, -0.25) is 0 Å². The molecule has 0 spiro atoms. The highest BCUT2D eigenvalue weighted by molar-refractivity contribution is 5.93. The average Bonchev–Trinajstić information content (AvgIpc) is 2.88. The maximum Gasteiger partial charge on any atom is 0.361 e. The smallest absolute Gasteiger partial charge is 0.361 e. The number of hydrogen-bond acceptors (Lipinski definition) is 4. The van der Waals surface area contributed by atoms with Gasteiger partial charge in [-0.15, -0.1) is 5.10 Å². The molecule has 0 aliphatic rings. The van der Waals surface area contributed by atoms with Crippen LogP contribution in [0.5, 0.6) is 0 Å². The summed E-state index contributed by atoms with van der Waals surface area (Å²) in [5, 5.41) is 10.3. The molecule has 0 fully saturated rings. The second-order valence-corrected chi connectivity index (χ2v) is 3.79. The Balaban J connectivity index is 2.32. The van der Waals surface area contributed by atoms with Crippen molar-refractivity contribution in [2.75, 3.05) is 6.61 Å². The van der Waals surface area contributed by atoms with Gasteiger partial charge in [-0.25, -0.2) is 4.79 Å². The molecule has 0 aliphatic heterocycles. The number of hydrogen-bond donors (Lipinski definition) is 1. The maximum absolute atomic E-state index is 11.7. The molecule has 2 rings (SSSR count). The normalized spacial score (nSPS) is 10.3. The lowest BCUT2D eigenvalue weighted by Crippen LogP contribution is -2.06. The molecule has 1 heterocycles. The molecule has 18 heavy (non-hydrogen) atoms. The van der Waals surface area contributed by atoms with Gasteiger partial charge in [-0.05, 0) is 18.9 Å². The molecular formula is C13H15N3O2. The first-order valence-corrected chi connectivity index (χ1v) is 5.93. The topological polar surface area (TPSA) is 67.9 Å². The summed E-state index contributed by atoms with van der Waals surface area (Å²) < 4.78 is 4.93. The van der Waals surface area contributed by atoms with Crippen LogP contribution in [0.25, 0.3) is 11.3 Å². The van der Waals surface area contributed by atoms with Crippen LogP contribution in [-0.4, -0.2) is 28.0 Å². The molecule has 0 atom stereocenters. The number of carbonyl (C=O) groups excluding carboxylic acids is 1. The Morgan fingerprint density at radius 2 is 1.94 bits per heavy atom. The standard InChI is InChI=1S/C13H15N3O2/c1-3-9-5-7-10(8-6-9)11-12(15-16-14-11)13(17)18-4-2/h5-8H,3-4H2,1-2H3,(H,14,15,16).